The molecule has 0 saturated heterocycles. The first-order chi connectivity index (χ1) is 41.0. The minimum Gasteiger partial charge on any atom is -0.466 e. The van der Waals surface area contributed by atoms with Gasteiger partial charge in [-0.1, -0.05) is 392 Å². The monoisotopic (exact) mass is 1170 g/mol. The zero-order valence-corrected chi connectivity index (χ0v) is 56.7. The number of hydrogen-bond donors (Lipinski definition) is 3. The smallest absolute Gasteiger partial charge is 0.305 e. The molecule has 1 amide bonds. The molecule has 0 aromatic carbocycles. The van der Waals surface area contributed by atoms with Crippen LogP contribution >= 0.6 is 0 Å². The summed E-state index contributed by atoms with van der Waals surface area (Å²) in [6.45, 7) is 4.99. The lowest BCUT2D eigenvalue weighted by Gasteiger charge is -2.22. The molecule has 2 unspecified atom stereocenters. The third-order valence-corrected chi connectivity index (χ3v) is 18.3. The highest BCUT2D eigenvalue weighted by Gasteiger charge is 2.20. The van der Waals surface area contributed by atoms with E-state index in [1.165, 1.54) is 366 Å². The standard InChI is InChI=1S/C77H151NO5/c1-3-5-7-9-11-13-15-17-19-43-47-51-55-59-63-67-71-77(82)83-72-68-64-60-56-52-48-44-40-38-36-34-32-30-28-26-24-22-20-21-23-25-27-29-31-33-35-37-39-42-46-50-54-58-62-66-70-76(81)78-74(73-79)75(80)69-65-61-57-53-49-45-41-18-16-14-12-10-8-6-4-2/h19,43,74-75,79-80H,3-18,20-42,44-73H2,1-2H3,(H,78,81)/b43-19-. The lowest BCUT2D eigenvalue weighted by Crippen LogP contribution is -2.45. The number of ether oxygens (including phenoxy) is 1. The topological polar surface area (TPSA) is 95.9 Å². The summed E-state index contributed by atoms with van der Waals surface area (Å²) in [7, 11) is 0. The number of hydrogen-bond acceptors (Lipinski definition) is 5. The predicted octanol–water partition coefficient (Wildman–Crippen LogP) is 25.1. The molecule has 0 aromatic heterocycles. The second-order valence-electron chi connectivity index (χ2n) is 26.7. The van der Waals surface area contributed by atoms with Gasteiger partial charge >= 0.3 is 5.97 Å². The number of nitrogens with one attached hydrogen (secondary N) is 1. The van der Waals surface area contributed by atoms with Crippen LogP contribution in [0.3, 0.4) is 0 Å². The van der Waals surface area contributed by atoms with Crippen molar-refractivity contribution in [1.29, 1.82) is 0 Å². The van der Waals surface area contributed by atoms with Crippen LogP contribution in [0.25, 0.3) is 0 Å². The summed E-state index contributed by atoms with van der Waals surface area (Å²) < 4.78 is 5.50. The second kappa shape index (κ2) is 73.1. The van der Waals surface area contributed by atoms with Crippen molar-refractivity contribution in [2.75, 3.05) is 13.2 Å². The summed E-state index contributed by atoms with van der Waals surface area (Å²) >= 11 is 0. The van der Waals surface area contributed by atoms with Crippen molar-refractivity contribution < 1.29 is 24.5 Å². The third-order valence-electron chi connectivity index (χ3n) is 18.3. The van der Waals surface area contributed by atoms with Crippen molar-refractivity contribution in [3.63, 3.8) is 0 Å². The van der Waals surface area contributed by atoms with Crippen LogP contribution in [0.4, 0.5) is 0 Å². The van der Waals surface area contributed by atoms with Crippen LogP contribution in [0.2, 0.25) is 0 Å². The summed E-state index contributed by atoms with van der Waals surface area (Å²) in [5.74, 6) is -0.00966. The van der Waals surface area contributed by atoms with Crippen molar-refractivity contribution in [1.82, 2.24) is 5.32 Å². The van der Waals surface area contributed by atoms with Gasteiger partial charge in [-0.2, -0.15) is 0 Å². The predicted molar refractivity (Wildman–Crippen MR) is 366 cm³/mol. The Hall–Kier alpha value is -1.40. The Morgan fingerprint density at radius 1 is 0.325 bits per heavy atom. The van der Waals surface area contributed by atoms with E-state index < -0.39 is 12.1 Å². The van der Waals surface area contributed by atoms with Gasteiger partial charge in [0.1, 0.15) is 0 Å². The molecule has 0 saturated carbocycles. The maximum absolute atomic E-state index is 12.5. The van der Waals surface area contributed by atoms with Gasteiger partial charge in [-0.15, -0.1) is 0 Å². The Bertz CT molecular complexity index is 1260. The summed E-state index contributed by atoms with van der Waals surface area (Å²) in [5, 5.41) is 23.4. The van der Waals surface area contributed by atoms with Crippen LogP contribution < -0.4 is 5.32 Å². The molecule has 0 radical (unpaired) electrons. The molecule has 0 rings (SSSR count). The van der Waals surface area contributed by atoms with Crippen LogP contribution in [0, 0.1) is 0 Å². The van der Waals surface area contributed by atoms with Crippen molar-refractivity contribution >= 4 is 11.9 Å². The number of aliphatic hydroxyl groups excluding tert-OH is 2. The fraction of sp³-hybridized carbons (Fsp3) is 0.948. The van der Waals surface area contributed by atoms with E-state index >= 15 is 0 Å². The Morgan fingerprint density at radius 3 is 0.855 bits per heavy atom. The maximum atomic E-state index is 12.5. The Balaban J connectivity index is 3.29. The Labute approximate surface area is 520 Å². The SMILES string of the molecule is CCCCCCCCC/C=C\CCCCCCCC(=O)OCCCCCCCCCCCCCCCCCCCCCCCCCCCCCCCCCCCCCC(=O)NC(CO)C(O)CCCCCCCCCCCCCCCCC. The fourth-order valence-corrected chi connectivity index (χ4v) is 12.5. The van der Waals surface area contributed by atoms with E-state index in [1.807, 2.05) is 0 Å². The molecule has 83 heavy (non-hydrogen) atoms. The van der Waals surface area contributed by atoms with Gasteiger partial charge in [-0.3, -0.25) is 9.59 Å². The van der Waals surface area contributed by atoms with Crippen LogP contribution in [0.15, 0.2) is 12.2 Å². The van der Waals surface area contributed by atoms with Crippen molar-refractivity contribution in [2.45, 2.75) is 456 Å². The molecule has 0 spiro atoms. The van der Waals surface area contributed by atoms with E-state index in [-0.39, 0.29) is 18.5 Å². The van der Waals surface area contributed by atoms with Crippen LogP contribution in [0.5, 0.6) is 0 Å². The molecule has 6 heteroatoms. The molecular weight excluding hydrogens is 1020 g/mol. The van der Waals surface area contributed by atoms with E-state index in [0.717, 1.165) is 44.9 Å². The molecule has 0 aliphatic carbocycles. The molecular formula is C77H151NO5. The third kappa shape index (κ3) is 69.6. The van der Waals surface area contributed by atoms with E-state index in [1.54, 1.807) is 0 Å². The number of aliphatic hydroxyl groups is 2. The summed E-state index contributed by atoms with van der Waals surface area (Å²) in [4.78, 5) is 24.6. The highest BCUT2D eigenvalue weighted by Crippen LogP contribution is 2.20. The zero-order chi connectivity index (χ0) is 59.9. The molecule has 0 bridgehead atoms. The first-order valence-corrected chi connectivity index (χ1v) is 38.4. The van der Waals surface area contributed by atoms with E-state index in [9.17, 15) is 19.8 Å². The lowest BCUT2D eigenvalue weighted by atomic mass is 10.0. The van der Waals surface area contributed by atoms with Crippen molar-refractivity contribution in [3.8, 4) is 0 Å². The summed E-state index contributed by atoms with van der Waals surface area (Å²) in [6.07, 6.45) is 91.6. The average Bonchev–Trinajstić information content (AvgIpc) is 3.49. The molecule has 0 aliphatic heterocycles. The molecule has 494 valence electrons. The number of carbonyl (C=O) groups excluding carboxylic acids is 2. The molecule has 0 heterocycles. The first-order valence-electron chi connectivity index (χ1n) is 38.4. The number of esters is 1. The van der Waals surface area contributed by atoms with Gasteiger partial charge in [-0.05, 0) is 51.4 Å². The maximum Gasteiger partial charge on any atom is 0.305 e. The van der Waals surface area contributed by atoms with Gasteiger partial charge in [0.2, 0.25) is 5.91 Å². The number of amides is 1. The highest BCUT2D eigenvalue weighted by atomic mass is 16.5. The largest absolute Gasteiger partial charge is 0.466 e. The minimum absolute atomic E-state index is 0.0162. The lowest BCUT2D eigenvalue weighted by molar-refractivity contribution is -0.143. The van der Waals surface area contributed by atoms with E-state index in [2.05, 4.69) is 31.3 Å². The normalized spacial score (nSPS) is 12.5. The van der Waals surface area contributed by atoms with Crippen LogP contribution in [0.1, 0.15) is 444 Å². The zero-order valence-electron chi connectivity index (χ0n) is 56.7. The number of allylic oxidation sites excluding steroid dienone is 2. The summed E-state index contributed by atoms with van der Waals surface area (Å²) in [6, 6.07) is -0.536. The fourth-order valence-electron chi connectivity index (χ4n) is 12.5. The molecule has 3 N–H and O–H groups in total. The molecule has 2 atom stereocenters. The Morgan fingerprint density at radius 2 is 0.566 bits per heavy atom. The minimum atomic E-state index is -0.660. The van der Waals surface area contributed by atoms with Crippen LogP contribution in [-0.2, 0) is 14.3 Å². The van der Waals surface area contributed by atoms with Crippen molar-refractivity contribution in [2.24, 2.45) is 0 Å². The van der Waals surface area contributed by atoms with Gasteiger partial charge in [0, 0.05) is 12.8 Å². The molecule has 0 fully saturated rings. The number of unbranched alkanes of at least 4 members (excludes halogenated alkanes) is 60. The van der Waals surface area contributed by atoms with E-state index in [0.29, 0.717) is 25.9 Å². The van der Waals surface area contributed by atoms with Gasteiger partial charge < -0.3 is 20.3 Å². The van der Waals surface area contributed by atoms with Crippen molar-refractivity contribution in [3.05, 3.63) is 12.2 Å². The Kier molecular flexibility index (Phi) is 71.8. The van der Waals surface area contributed by atoms with Crippen LogP contribution in [-0.4, -0.2) is 47.4 Å². The second-order valence-corrected chi connectivity index (χ2v) is 26.7. The van der Waals surface area contributed by atoms with E-state index in [4.69, 9.17) is 4.74 Å². The van der Waals surface area contributed by atoms with Gasteiger partial charge in [0.25, 0.3) is 0 Å². The summed E-state index contributed by atoms with van der Waals surface area (Å²) in [5.41, 5.74) is 0. The first kappa shape index (κ1) is 81.6. The highest BCUT2D eigenvalue weighted by molar-refractivity contribution is 5.76. The average molecular weight is 1170 g/mol. The quantitative estimate of drug-likeness (QED) is 0.0320. The number of rotatable bonds is 73. The molecule has 0 aliphatic rings. The van der Waals surface area contributed by atoms with Gasteiger partial charge in [0.15, 0.2) is 0 Å². The van der Waals surface area contributed by atoms with Gasteiger partial charge in [0.05, 0.1) is 25.4 Å². The van der Waals surface area contributed by atoms with Gasteiger partial charge in [-0.25, -0.2) is 0 Å². The molecule has 0 aromatic rings. The molecule has 6 nitrogen and oxygen atoms in total. The number of carbonyl (C=O) groups is 2.